The van der Waals surface area contributed by atoms with Gasteiger partial charge in [-0.2, -0.15) is 5.10 Å². The molecule has 2 N–H and O–H groups in total. The molecule has 0 saturated carbocycles. The molecule has 1 atom stereocenters. The number of rotatable bonds is 5. The Bertz CT molecular complexity index is 551. The van der Waals surface area contributed by atoms with Crippen LogP contribution in [0.5, 0.6) is 0 Å². The lowest BCUT2D eigenvalue weighted by Gasteiger charge is -2.14. The topological polar surface area (TPSA) is 43.8 Å². The third-order valence-corrected chi connectivity index (χ3v) is 3.02. The van der Waals surface area contributed by atoms with Crippen molar-refractivity contribution in [3.63, 3.8) is 0 Å². The molecule has 19 heavy (non-hydrogen) atoms. The summed E-state index contributed by atoms with van der Waals surface area (Å²) >= 11 is 0. The van der Waals surface area contributed by atoms with E-state index in [0.717, 1.165) is 24.7 Å². The van der Waals surface area contributed by atoms with Gasteiger partial charge >= 0.3 is 0 Å². The van der Waals surface area contributed by atoms with E-state index in [1.807, 2.05) is 10.7 Å². The molecule has 0 amide bonds. The first-order chi connectivity index (χ1) is 9.11. The van der Waals surface area contributed by atoms with Gasteiger partial charge in [0.05, 0.1) is 11.7 Å². The Hall–Kier alpha value is -1.75. The minimum Gasteiger partial charge on any atom is -0.322 e. The Morgan fingerprint density at radius 3 is 2.79 bits per heavy atom. The van der Waals surface area contributed by atoms with Gasteiger partial charge in [0.2, 0.25) is 0 Å². The summed E-state index contributed by atoms with van der Waals surface area (Å²) in [5, 5.41) is 4.19. The van der Waals surface area contributed by atoms with Crippen molar-refractivity contribution in [3.05, 3.63) is 53.4 Å². The van der Waals surface area contributed by atoms with Crippen molar-refractivity contribution in [2.45, 2.75) is 32.4 Å². The van der Waals surface area contributed by atoms with Crippen LogP contribution >= 0.6 is 0 Å². The molecule has 5 heteroatoms. The van der Waals surface area contributed by atoms with Crippen molar-refractivity contribution in [2.75, 3.05) is 0 Å². The van der Waals surface area contributed by atoms with E-state index < -0.39 is 11.6 Å². The van der Waals surface area contributed by atoms with Gasteiger partial charge in [0.15, 0.2) is 0 Å². The van der Waals surface area contributed by atoms with Crippen LogP contribution in [0.4, 0.5) is 8.78 Å². The summed E-state index contributed by atoms with van der Waals surface area (Å²) in [5.74, 6) is -1.14. The van der Waals surface area contributed by atoms with Crippen LogP contribution in [0.15, 0.2) is 30.5 Å². The minimum absolute atomic E-state index is 0.321. The molecule has 2 rings (SSSR count). The van der Waals surface area contributed by atoms with Gasteiger partial charge in [0, 0.05) is 18.8 Å². The van der Waals surface area contributed by atoms with Crippen molar-refractivity contribution in [1.29, 1.82) is 0 Å². The molecular formula is C14H17F2N3. The van der Waals surface area contributed by atoms with Crippen molar-refractivity contribution in [1.82, 2.24) is 9.78 Å². The van der Waals surface area contributed by atoms with Crippen LogP contribution in [0.3, 0.4) is 0 Å². The lowest BCUT2D eigenvalue weighted by Crippen LogP contribution is -2.19. The smallest absolute Gasteiger partial charge is 0.129 e. The number of hydrogen-bond donors (Lipinski definition) is 1. The maximum atomic E-state index is 13.6. The number of aryl methyl sites for hydroxylation is 1. The van der Waals surface area contributed by atoms with E-state index in [1.165, 1.54) is 12.1 Å². The van der Waals surface area contributed by atoms with E-state index >= 15 is 0 Å². The van der Waals surface area contributed by atoms with Crippen molar-refractivity contribution >= 4 is 0 Å². The Labute approximate surface area is 111 Å². The summed E-state index contributed by atoms with van der Waals surface area (Å²) in [6.07, 6.45) is 2.96. The van der Waals surface area contributed by atoms with Crippen LogP contribution in [-0.2, 0) is 13.0 Å². The van der Waals surface area contributed by atoms with Crippen LogP contribution in [-0.4, -0.2) is 9.78 Å². The number of aromatic nitrogens is 2. The highest BCUT2D eigenvalue weighted by atomic mass is 19.1. The van der Waals surface area contributed by atoms with Crippen molar-refractivity contribution < 1.29 is 8.78 Å². The zero-order valence-electron chi connectivity index (χ0n) is 10.8. The molecule has 102 valence electrons. The van der Waals surface area contributed by atoms with Crippen LogP contribution in [0, 0.1) is 11.6 Å². The molecule has 1 heterocycles. The normalized spacial score (nSPS) is 12.6. The minimum atomic E-state index is -0.578. The lowest BCUT2D eigenvalue weighted by atomic mass is 10.0. The van der Waals surface area contributed by atoms with Crippen LogP contribution < -0.4 is 5.73 Å². The molecule has 1 aromatic heterocycles. The highest BCUT2D eigenvalue weighted by Gasteiger charge is 2.14. The monoisotopic (exact) mass is 265 g/mol. The maximum absolute atomic E-state index is 13.6. The molecule has 0 radical (unpaired) electrons. The van der Waals surface area contributed by atoms with Crippen LogP contribution in [0.2, 0.25) is 0 Å². The van der Waals surface area contributed by atoms with E-state index in [1.54, 1.807) is 6.20 Å². The van der Waals surface area contributed by atoms with Gasteiger partial charge in [-0.3, -0.25) is 4.68 Å². The van der Waals surface area contributed by atoms with Gasteiger partial charge in [0.25, 0.3) is 0 Å². The average Bonchev–Trinajstić information content (AvgIpc) is 2.81. The first kappa shape index (κ1) is 13.7. The predicted octanol–water partition coefficient (Wildman–Crippen LogP) is 2.81. The molecule has 1 aromatic carbocycles. The average molecular weight is 265 g/mol. The fourth-order valence-corrected chi connectivity index (χ4v) is 2.09. The number of benzene rings is 1. The quantitative estimate of drug-likeness (QED) is 0.903. The molecular weight excluding hydrogens is 248 g/mol. The standard InChI is InChI=1S/C14H17F2N3/c1-2-7-19-14(5-6-18-19)13(17)8-10-3-4-11(15)9-12(10)16/h3-6,9,13H,2,7-8,17H2,1H3. The second-order valence-corrected chi connectivity index (χ2v) is 4.53. The summed E-state index contributed by atoms with van der Waals surface area (Å²) in [7, 11) is 0. The fraction of sp³-hybridized carbons (Fsp3) is 0.357. The first-order valence-electron chi connectivity index (χ1n) is 6.33. The summed E-state index contributed by atoms with van der Waals surface area (Å²) in [6.45, 7) is 2.83. The molecule has 0 saturated heterocycles. The lowest BCUT2D eigenvalue weighted by molar-refractivity contribution is 0.525. The van der Waals surface area contributed by atoms with Crippen LogP contribution in [0.1, 0.15) is 30.6 Å². The third kappa shape index (κ3) is 3.17. The maximum Gasteiger partial charge on any atom is 0.129 e. The number of nitrogens with zero attached hydrogens (tertiary/aromatic N) is 2. The second-order valence-electron chi connectivity index (χ2n) is 4.53. The summed E-state index contributed by atoms with van der Waals surface area (Å²) in [5.41, 5.74) is 7.37. The van der Waals surface area contributed by atoms with E-state index in [4.69, 9.17) is 5.73 Å². The molecule has 0 spiro atoms. The SMILES string of the molecule is CCCn1nccc1C(N)Cc1ccc(F)cc1F. The summed E-state index contributed by atoms with van der Waals surface area (Å²) in [4.78, 5) is 0. The van der Waals surface area contributed by atoms with Crippen molar-refractivity contribution in [3.8, 4) is 0 Å². The predicted molar refractivity (Wildman–Crippen MR) is 69.5 cm³/mol. The van der Waals surface area contributed by atoms with E-state index in [9.17, 15) is 8.78 Å². The molecule has 2 aromatic rings. The number of halogens is 2. The molecule has 0 fully saturated rings. The second kappa shape index (κ2) is 5.93. The zero-order valence-corrected chi connectivity index (χ0v) is 10.8. The van der Waals surface area contributed by atoms with Crippen molar-refractivity contribution in [2.24, 2.45) is 5.73 Å². The van der Waals surface area contributed by atoms with Gasteiger partial charge in [-0.15, -0.1) is 0 Å². The Morgan fingerprint density at radius 2 is 2.11 bits per heavy atom. The van der Waals surface area contributed by atoms with Gasteiger partial charge in [-0.1, -0.05) is 13.0 Å². The number of hydrogen-bond acceptors (Lipinski definition) is 2. The number of nitrogens with two attached hydrogens (primary N) is 1. The fourth-order valence-electron chi connectivity index (χ4n) is 2.09. The summed E-state index contributed by atoms with van der Waals surface area (Å²) < 4.78 is 28.2. The molecule has 0 aliphatic heterocycles. The molecule has 1 unspecified atom stereocenters. The van der Waals surface area contributed by atoms with Gasteiger partial charge in [0.1, 0.15) is 11.6 Å². The largest absolute Gasteiger partial charge is 0.322 e. The Morgan fingerprint density at radius 1 is 1.32 bits per heavy atom. The van der Waals surface area contributed by atoms with E-state index in [-0.39, 0.29) is 6.04 Å². The van der Waals surface area contributed by atoms with Gasteiger partial charge in [-0.25, -0.2) is 8.78 Å². The molecule has 0 bridgehead atoms. The van der Waals surface area contributed by atoms with E-state index in [0.29, 0.717) is 12.0 Å². The Kier molecular flexibility index (Phi) is 4.27. The zero-order chi connectivity index (χ0) is 13.8. The Balaban J connectivity index is 2.16. The molecule has 0 aliphatic rings. The van der Waals surface area contributed by atoms with Gasteiger partial charge in [-0.05, 0) is 30.5 Å². The highest BCUT2D eigenvalue weighted by Crippen LogP contribution is 2.19. The van der Waals surface area contributed by atoms with Crippen LogP contribution in [0.25, 0.3) is 0 Å². The van der Waals surface area contributed by atoms with E-state index in [2.05, 4.69) is 12.0 Å². The third-order valence-electron chi connectivity index (χ3n) is 3.02. The van der Waals surface area contributed by atoms with Gasteiger partial charge < -0.3 is 5.73 Å². The highest BCUT2D eigenvalue weighted by molar-refractivity contribution is 5.21. The molecule has 3 nitrogen and oxygen atoms in total. The molecule has 0 aliphatic carbocycles. The summed E-state index contributed by atoms with van der Waals surface area (Å²) in [6, 6.07) is 5.04. The first-order valence-corrected chi connectivity index (χ1v) is 6.33.